The van der Waals surface area contributed by atoms with E-state index in [9.17, 15) is 0 Å². The van der Waals surface area contributed by atoms with Gasteiger partial charge in [-0.15, -0.1) is 0 Å². The molecule has 10 rings (SSSR count). The van der Waals surface area contributed by atoms with Gasteiger partial charge in [-0.05, 0) is 59.2 Å². The molecule has 0 saturated heterocycles. The molecule has 1 aliphatic heterocycles. The first-order chi connectivity index (χ1) is 24.1. The highest BCUT2D eigenvalue weighted by Crippen LogP contribution is 2.52. The largest absolute Gasteiger partial charge is 0.455 e. The highest BCUT2D eigenvalue weighted by Gasteiger charge is 2.36. The predicted molar refractivity (Wildman–Crippen MR) is 204 cm³/mol. The number of anilines is 3. The van der Waals surface area contributed by atoms with Gasteiger partial charge in [0.2, 0.25) is 0 Å². The molecule has 0 aliphatic carbocycles. The minimum atomic E-state index is -0.121. The topological polar surface area (TPSA) is 29.3 Å². The third-order valence-electron chi connectivity index (χ3n) is 10.4. The van der Waals surface area contributed by atoms with Gasteiger partial charge in [0.1, 0.15) is 11.2 Å². The van der Waals surface area contributed by atoms with Crippen molar-refractivity contribution in [2.45, 2.75) is 19.3 Å². The number of hydrogen-bond acceptors (Lipinski definition) is 3. The van der Waals surface area contributed by atoms with Crippen molar-refractivity contribution in [3.63, 3.8) is 0 Å². The monoisotopic (exact) mass is 628 g/mol. The van der Waals surface area contributed by atoms with Crippen molar-refractivity contribution in [2.75, 3.05) is 4.90 Å². The predicted octanol–water partition coefficient (Wildman–Crippen LogP) is 12.7. The number of rotatable bonds is 3. The molecular weight excluding hydrogens is 597 g/mol. The van der Waals surface area contributed by atoms with Gasteiger partial charge < -0.3 is 9.32 Å². The molecule has 49 heavy (non-hydrogen) atoms. The van der Waals surface area contributed by atoms with E-state index in [4.69, 9.17) is 9.40 Å². The zero-order valence-electron chi connectivity index (χ0n) is 27.3. The molecule has 2 aromatic heterocycles. The Morgan fingerprint density at radius 1 is 0.531 bits per heavy atom. The molecule has 3 nitrogen and oxygen atoms in total. The Balaban J connectivity index is 1.30. The van der Waals surface area contributed by atoms with E-state index < -0.39 is 0 Å². The Hall–Kier alpha value is -6.19. The SMILES string of the molecule is CC1(C)c2ccccc2N(c2cccc(-c3cc4c(-c5ccccc5)nc5ccccc5c4c4c3oc3ccccc34)c2)c2ccccc21. The van der Waals surface area contributed by atoms with Crippen molar-refractivity contribution < 1.29 is 4.42 Å². The van der Waals surface area contributed by atoms with E-state index >= 15 is 0 Å². The number of pyridine rings is 1. The lowest BCUT2D eigenvalue weighted by Crippen LogP contribution is -2.30. The first-order valence-corrected chi connectivity index (χ1v) is 16.9. The van der Waals surface area contributed by atoms with Crippen molar-refractivity contribution in [1.82, 2.24) is 4.98 Å². The van der Waals surface area contributed by atoms with Gasteiger partial charge in [-0.25, -0.2) is 4.98 Å². The molecule has 0 spiro atoms. The fraction of sp³-hybridized carbons (Fsp3) is 0.0652. The van der Waals surface area contributed by atoms with E-state index in [-0.39, 0.29) is 5.41 Å². The maximum absolute atomic E-state index is 6.83. The summed E-state index contributed by atoms with van der Waals surface area (Å²) in [4.78, 5) is 7.71. The van der Waals surface area contributed by atoms with E-state index in [1.807, 2.05) is 0 Å². The van der Waals surface area contributed by atoms with Crippen molar-refractivity contribution in [3.05, 3.63) is 169 Å². The lowest BCUT2D eigenvalue weighted by atomic mass is 9.73. The van der Waals surface area contributed by atoms with E-state index in [2.05, 4.69) is 176 Å². The van der Waals surface area contributed by atoms with Gasteiger partial charge in [0.25, 0.3) is 0 Å². The third-order valence-corrected chi connectivity index (χ3v) is 10.4. The molecule has 0 amide bonds. The highest BCUT2D eigenvalue weighted by atomic mass is 16.3. The molecule has 0 N–H and O–H groups in total. The summed E-state index contributed by atoms with van der Waals surface area (Å²) in [7, 11) is 0. The van der Waals surface area contributed by atoms with E-state index in [1.165, 1.54) is 27.9 Å². The van der Waals surface area contributed by atoms with Crippen LogP contribution < -0.4 is 4.90 Å². The quantitative estimate of drug-likeness (QED) is 0.182. The molecule has 1 aliphatic rings. The molecular formula is C46H32N2O. The van der Waals surface area contributed by atoms with Crippen LogP contribution in [0.4, 0.5) is 17.1 Å². The second-order valence-electron chi connectivity index (χ2n) is 13.5. The zero-order chi connectivity index (χ0) is 32.7. The maximum Gasteiger partial charge on any atom is 0.143 e. The first-order valence-electron chi connectivity index (χ1n) is 16.9. The van der Waals surface area contributed by atoms with Crippen LogP contribution >= 0.6 is 0 Å². The van der Waals surface area contributed by atoms with E-state index in [0.29, 0.717) is 0 Å². The number of fused-ring (bicyclic) bond motifs is 9. The molecule has 0 unspecified atom stereocenters. The van der Waals surface area contributed by atoms with Crippen LogP contribution in [0.2, 0.25) is 0 Å². The van der Waals surface area contributed by atoms with Crippen LogP contribution in [-0.2, 0) is 5.41 Å². The van der Waals surface area contributed by atoms with Crippen LogP contribution in [0.1, 0.15) is 25.0 Å². The fourth-order valence-corrected chi connectivity index (χ4v) is 8.12. The number of aromatic nitrogens is 1. The summed E-state index contributed by atoms with van der Waals surface area (Å²) in [6.45, 7) is 4.65. The van der Waals surface area contributed by atoms with E-state index in [0.717, 1.165) is 66.3 Å². The van der Waals surface area contributed by atoms with Gasteiger partial charge in [-0.3, -0.25) is 0 Å². The first kappa shape index (κ1) is 27.9. The Morgan fingerprint density at radius 3 is 1.94 bits per heavy atom. The molecule has 232 valence electrons. The van der Waals surface area contributed by atoms with Gasteiger partial charge in [-0.1, -0.05) is 129 Å². The molecule has 0 atom stereocenters. The summed E-state index contributed by atoms with van der Waals surface area (Å²) in [5.41, 5.74) is 13.0. The molecule has 0 radical (unpaired) electrons. The summed E-state index contributed by atoms with van der Waals surface area (Å²) in [5, 5.41) is 5.64. The number of nitrogens with zero attached hydrogens (tertiary/aromatic N) is 2. The van der Waals surface area contributed by atoms with E-state index in [1.54, 1.807) is 0 Å². The molecule has 0 bridgehead atoms. The summed E-state index contributed by atoms with van der Waals surface area (Å²) in [6.07, 6.45) is 0. The summed E-state index contributed by atoms with van der Waals surface area (Å²) in [6, 6.07) is 56.3. The second kappa shape index (κ2) is 10.4. The van der Waals surface area contributed by atoms with Crippen LogP contribution in [0.3, 0.4) is 0 Å². The lowest BCUT2D eigenvalue weighted by Gasteiger charge is -2.42. The Bertz CT molecular complexity index is 2710. The molecule has 3 heterocycles. The lowest BCUT2D eigenvalue weighted by molar-refractivity contribution is 0.632. The van der Waals surface area contributed by atoms with Gasteiger partial charge in [0, 0.05) is 49.2 Å². The Labute approximate surface area is 284 Å². The van der Waals surface area contributed by atoms with Gasteiger partial charge in [0.05, 0.1) is 22.6 Å². The van der Waals surface area contributed by atoms with Crippen LogP contribution in [0, 0.1) is 0 Å². The van der Waals surface area contributed by atoms with Crippen molar-refractivity contribution in [2.24, 2.45) is 0 Å². The molecule has 0 saturated carbocycles. The standard InChI is InChI=1S/C46H32N2O/c1-46(2)36-21-8-11-24-39(36)48(40-25-12-9-22-37(40)46)31-18-14-17-30(27-31)34-28-35-42(43-33-20-7-13-26-41(33)49-45(34)43)32-19-6-10-23-38(32)47-44(35)29-15-4-3-5-16-29/h3-28H,1-2H3. The number of para-hydroxylation sites is 4. The average molecular weight is 629 g/mol. The second-order valence-corrected chi connectivity index (χ2v) is 13.5. The summed E-state index contributed by atoms with van der Waals surface area (Å²) in [5.74, 6) is 0. The molecule has 9 aromatic rings. The number of benzene rings is 7. The third kappa shape index (κ3) is 4.06. The number of furan rings is 1. The molecule has 7 aromatic carbocycles. The highest BCUT2D eigenvalue weighted by molar-refractivity contribution is 6.30. The fourth-order valence-electron chi connectivity index (χ4n) is 8.12. The average Bonchev–Trinajstić information content (AvgIpc) is 3.54. The van der Waals surface area contributed by atoms with Gasteiger partial charge in [-0.2, -0.15) is 0 Å². The minimum absolute atomic E-state index is 0.121. The van der Waals surface area contributed by atoms with Crippen LogP contribution in [-0.4, -0.2) is 4.98 Å². The van der Waals surface area contributed by atoms with Crippen molar-refractivity contribution >= 4 is 60.7 Å². The van der Waals surface area contributed by atoms with Crippen molar-refractivity contribution in [1.29, 1.82) is 0 Å². The van der Waals surface area contributed by atoms with Crippen LogP contribution in [0.25, 0.3) is 66.0 Å². The smallest absolute Gasteiger partial charge is 0.143 e. The van der Waals surface area contributed by atoms with Crippen molar-refractivity contribution in [3.8, 4) is 22.4 Å². The number of hydrogen-bond donors (Lipinski definition) is 0. The van der Waals surface area contributed by atoms with Crippen LogP contribution in [0.5, 0.6) is 0 Å². The molecule has 0 fully saturated rings. The normalized spacial score (nSPS) is 13.6. The summed E-state index contributed by atoms with van der Waals surface area (Å²) >= 11 is 0. The summed E-state index contributed by atoms with van der Waals surface area (Å²) < 4.78 is 6.83. The Morgan fingerprint density at radius 2 is 1.16 bits per heavy atom. The van der Waals surface area contributed by atoms with Gasteiger partial charge >= 0.3 is 0 Å². The molecule has 3 heteroatoms. The van der Waals surface area contributed by atoms with Crippen LogP contribution in [0.15, 0.2) is 162 Å². The maximum atomic E-state index is 6.83. The van der Waals surface area contributed by atoms with Gasteiger partial charge in [0.15, 0.2) is 0 Å². The minimum Gasteiger partial charge on any atom is -0.455 e. The zero-order valence-corrected chi connectivity index (χ0v) is 27.3. The Kier molecular flexibility index (Phi) is 5.92.